The van der Waals surface area contributed by atoms with Gasteiger partial charge in [-0.3, -0.25) is 0 Å². The second kappa shape index (κ2) is 7.49. The highest BCUT2D eigenvalue weighted by Crippen LogP contribution is 2.35. The third-order valence-corrected chi connectivity index (χ3v) is 5.09. The van der Waals surface area contributed by atoms with Gasteiger partial charge in [-0.1, -0.05) is 34.5 Å². The highest BCUT2D eigenvalue weighted by Gasteiger charge is 2.48. The van der Waals surface area contributed by atoms with Crippen LogP contribution in [0.1, 0.15) is 19.3 Å². The number of nitrogens with zero attached hydrogens (tertiary/aromatic N) is 1. The van der Waals surface area contributed by atoms with Crippen LogP contribution in [0.3, 0.4) is 0 Å². The highest BCUT2D eigenvalue weighted by atomic mass is 79.9. The lowest BCUT2D eigenvalue weighted by Gasteiger charge is -2.22. The van der Waals surface area contributed by atoms with Crippen molar-refractivity contribution >= 4 is 31.5 Å². The van der Waals surface area contributed by atoms with Crippen LogP contribution in [0.4, 0.5) is 18.9 Å². The number of benzene rings is 1. The molecule has 0 fully saturated rings. The maximum Gasteiger partial charge on any atom is 0.501 e. The van der Waals surface area contributed by atoms with Crippen molar-refractivity contribution in [2.75, 3.05) is 23.8 Å². The number of unbranched alkanes of at least 4 members (excludes halogenated alkanes) is 2. The summed E-state index contributed by atoms with van der Waals surface area (Å²) in [6.45, 7) is 0.497. The molecule has 0 aliphatic carbocycles. The molecule has 8 heteroatoms. The summed E-state index contributed by atoms with van der Waals surface area (Å²) >= 11 is 3.30. The molecule has 0 atom stereocenters. The fourth-order valence-corrected chi connectivity index (χ4v) is 3.27. The lowest BCUT2D eigenvalue weighted by molar-refractivity contribution is -0.0435. The van der Waals surface area contributed by atoms with Crippen molar-refractivity contribution in [3.63, 3.8) is 0 Å². The third-order valence-electron chi connectivity index (χ3n) is 3.00. The molecule has 1 rings (SSSR count). The number of hydrogen-bond acceptors (Lipinski definition) is 3. The number of para-hydroxylation sites is 1. The summed E-state index contributed by atoms with van der Waals surface area (Å²) in [5.74, 6) is 0. The quantitative estimate of drug-likeness (QED) is 0.524. The molecule has 0 N–H and O–H groups in total. The van der Waals surface area contributed by atoms with Crippen LogP contribution in [0, 0.1) is 0 Å². The monoisotopic (exact) mass is 387 g/mol. The Balaban J connectivity index is 3.00. The van der Waals surface area contributed by atoms with Gasteiger partial charge in [0.1, 0.15) is 0 Å². The minimum absolute atomic E-state index is 0.0775. The lowest BCUT2D eigenvalue weighted by atomic mass is 10.2. The van der Waals surface area contributed by atoms with Gasteiger partial charge in [-0.05, 0) is 25.0 Å². The van der Waals surface area contributed by atoms with Crippen LogP contribution in [0.15, 0.2) is 29.2 Å². The van der Waals surface area contributed by atoms with Crippen molar-refractivity contribution in [3.05, 3.63) is 24.3 Å². The van der Waals surface area contributed by atoms with Crippen molar-refractivity contribution in [2.45, 2.75) is 29.7 Å². The van der Waals surface area contributed by atoms with Crippen LogP contribution in [-0.2, 0) is 9.84 Å². The van der Waals surface area contributed by atoms with Gasteiger partial charge in [-0.2, -0.15) is 13.2 Å². The van der Waals surface area contributed by atoms with Gasteiger partial charge in [0, 0.05) is 18.9 Å². The molecule has 0 heterocycles. The van der Waals surface area contributed by atoms with Crippen LogP contribution in [0.25, 0.3) is 0 Å². The van der Waals surface area contributed by atoms with Gasteiger partial charge in [-0.25, -0.2) is 8.42 Å². The van der Waals surface area contributed by atoms with E-state index in [-0.39, 0.29) is 5.69 Å². The molecule has 0 aromatic heterocycles. The van der Waals surface area contributed by atoms with Crippen LogP contribution < -0.4 is 4.90 Å². The number of sulfone groups is 1. The fourth-order valence-electron chi connectivity index (χ4n) is 1.87. The highest BCUT2D eigenvalue weighted by molar-refractivity contribution is 9.09. The van der Waals surface area contributed by atoms with Crippen molar-refractivity contribution in [1.29, 1.82) is 0 Å². The molecule has 0 aliphatic heterocycles. The number of hydrogen-bond donors (Lipinski definition) is 0. The third kappa shape index (κ3) is 4.60. The molecule has 0 unspecified atom stereocenters. The van der Waals surface area contributed by atoms with Gasteiger partial charge in [0.25, 0.3) is 9.84 Å². The largest absolute Gasteiger partial charge is 0.501 e. The fraction of sp³-hybridized carbons (Fsp3) is 0.538. The Labute approximate surface area is 131 Å². The molecule has 0 saturated carbocycles. The van der Waals surface area contributed by atoms with E-state index in [0.29, 0.717) is 6.54 Å². The van der Waals surface area contributed by atoms with Crippen LogP contribution in [0.5, 0.6) is 0 Å². The normalized spacial score (nSPS) is 12.4. The summed E-state index contributed by atoms with van der Waals surface area (Å²) in [5.41, 5.74) is -5.21. The summed E-state index contributed by atoms with van der Waals surface area (Å²) < 4.78 is 61.3. The summed E-state index contributed by atoms with van der Waals surface area (Å²) in [5, 5.41) is 0.871. The molecule has 1 aromatic rings. The average Bonchev–Trinajstić information content (AvgIpc) is 2.42. The SMILES string of the molecule is CN(CCCCCBr)c1ccccc1S(=O)(=O)C(F)(F)F. The van der Waals surface area contributed by atoms with Crippen LogP contribution >= 0.6 is 15.9 Å². The second-order valence-electron chi connectivity index (χ2n) is 4.59. The van der Waals surface area contributed by atoms with Crippen LogP contribution in [-0.4, -0.2) is 32.8 Å². The standard InChI is InChI=1S/C13H17BrF3NO2S/c1-18(10-6-2-5-9-14)11-7-3-4-8-12(11)21(19,20)13(15,16)17/h3-4,7-8H,2,5-6,9-10H2,1H3. The number of halogens is 4. The zero-order valence-electron chi connectivity index (χ0n) is 11.5. The van der Waals surface area contributed by atoms with Crippen LogP contribution in [0.2, 0.25) is 0 Å². The Bertz CT molecular complexity index is 561. The summed E-state index contributed by atoms with van der Waals surface area (Å²) in [6.07, 6.45) is 2.67. The topological polar surface area (TPSA) is 37.4 Å². The van der Waals surface area contributed by atoms with E-state index < -0.39 is 20.2 Å². The van der Waals surface area contributed by atoms with Crippen molar-refractivity contribution in [2.24, 2.45) is 0 Å². The minimum atomic E-state index is -5.34. The summed E-state index contributed by atoms with van der Waals surface area (Å²) in [6, 6.07) is 5.21. The van der Waals surface area contributed by atoms with Crippen molar-refractivity contribution in [1.82, 2.24) is 0 Å². The summed E-state index contributed by atoms with van der Waals surface area (Å²) in [7, 11) is -3.74. The van der Waals surface area contributed by atoms with E-state index in [1.165, 1.54) is 18.2 Å². The predicted octanol–water partition coefficient (Wildman–Crippen LogP) is 3.98. The molecular weight excluding hydrogens is 371 g/mol. The Morgan fingerprint density at radius 2 is 1.76 bits per heavy atom. The molecule has 21 heavy (non-hydrogen) atoms. The average molecular weight is 388 g/mol. The Kier molecular flexibility index (Phi) is 6.52. The van der Waals surface area contributed by atoms with E-state index >= 15 is 0 Å². The zero-order valence-corrected chi connectivity index (χ0v) is 13.9. The molecule has 0 spiro atoms. The van der Waals surface area contributed by atoms with E-state index in [9.17, 15) is 21.6 Å². The van der Waals surface area contributed by atoms with Gasteiger partial charge < -0.3 is 4.90 Å². The molecule has 3 nitrogen and oxygen atoms in total. The Morgan fingerprint density at radius 3 is 2.33 bits per heavy atom. The van der Waals surface area contributed by atoms with Crippen molar-refractivity contribution < 1.29 is 21.6 Å². The minimum Gasteiger partial charge on any atom is -0.374 e. The van der Waals surface area contributed by atoms with E-state index in [4.69, 9.17) is 0 Å². The van der Waals surface area contributed by atoms with E-state index in [1.807, 2.05) is 0 Å². The molecule has 0 bridgehead atoms. The van der Waals surface area contributed by atoms with Gasteiger partial charge in [0.2, 0.25) is 0 Å². The Hall–Kier alpha value is -0.760. The summed E-state index contributed by atoms with van der Waals surface area (Å²) in [4.78, 5) is 0.854. The molecule has 0 saturated heterocycles. The molecule has 0 radical (unpaired) electrons. The predicted molar refractivity (Wildman–Crippen MR) is 80.6 cm³/mol. The van der Waals surface area contributed by atoms with Gasteiger partial charge in [-0.15, -0.1) is 0 Å². The maximum absolute atomic E-state index is 12.7. The second-order valence-corrected chi connectivity index (χ2v) is 7.29. The van der Waals surface area contributed by atoms with Crippen molar-refractivity contribution in [3.8, 4) is 0 Å². The van der Waals surface area contributed by atoms with Gasteiger partial charge >= 0.3 is 5.51 Å². The first-order valence-electron chi connectivity index (χ1n) is 6.39. The molecular formula is C13H17BrF3NO2S. The smallest absolute Gasteiger partial charge is 0.374 e. The van der Waals surface area contributed by atoms with Gasteiger partial charge in [0.15, 0.2) is 0 Å². The number of anilines is 1. The number of alkyl halides is 4. The first-order valence-corrected chi connectivity index (χ1v) is 8.99. The number of rotatable bonds is 7. The van der Waals surface area contributed by atoms with E-state index in [2.05, 4.69) is 15.9 Å². The van der Waals surface area contributed by atoms with Gasteiger partial charge in [0.05, 0.1) is 10.6 Å². The van der Waals surface area contributed by atoms with E-state index in [1.54, 1.807) is 11.9 Å². The lowest BCUT2D eigenvalue weighted by Crippen LogP contribution is -2.27. The first kappa shape index (κ1) is 18.3. The maximum atomic E-state index is 12.7. The molecule has 0 amide bonds. The molecule has 0 aliphatic rings. The zero-order chi connectivity index (χ0) is 16.1. The Morgan fingerprint density at radius 1 is 1.14 bits per heavy atom. The first-order chi connectivity index (χ1) is 9.71. The van der Waals surface area contributed by atoms with E-state index in [0.717, 1.165) is 30.7 Å². The molecule has 1 aromatic carbocycles. The molecule has 120 valence electrons.